The molecule has 0 aliphatic carbocycles. The summed E-state index contributed by atoms with van der Waals surface area (Å²) >= 11 is 0. The van der Waals surface area contributed by atoms with Crippen molar-refractivity contribution >= 4 is 11.9 Å². The number of alkyl halides is 1. The van der Waals surface area contributed by atoms with E-state index in [9.17, 15) is 14.0 Å². The first-order valence-electron chi connectivity index (χ1n) is 10.4. The monoisotopic (exact) mass is 412 g/mol. The van der Waals surface area contributed by atoms with Crippen LogP contribution in [0.2, 0.25) is 0 Å². The largest absolute Gasteiger partial charge is 0.465 e. The number of rotatable bonds is 7. The lowest BCUT2D eigenvalue weighted by molar-refractivity contribution is -0.128. The van der Waals surface area contributed by atoms with Crippen LogP contribution in [0.3, 0.4) is 0 Å². The molecule has 1 unspecified atom stereocenters. The molecule has 2 atom stereocenters. The number of halogens is 1. The predicted octanol–water partition coefficient (Wildman–Crippen LogP) is 4.17. The number of benzene rings is 2. The van der Waals surface area contributed by atoms with Gasteiger partial charge in [-0.3, -0.25) is 9.69 Å². The summed E-state index contributed by atoms with van der Waals surface area (Å²) in [4.78, 5) is 26.8. The maximum absolute atomic E-state index is 13.0. The maximum atomic E-state index is 13.0. The molecule has 2 aromatic carbocycles. The Kier molecular flexibility index (Phi) is 7.57. The minimum atomic E-state index is -0.465. The highest BCUT2D eigenvalue weighted by atomic mass is 19.1. The summed E-state index contributed by atoms with van der Waals surface area (Å²) in [5, 5.41) is 3.12. The van der Waals surface area contributed by atoms with Crippen LogP contribution in [0, 0.1) is 0 Å². The fourth-order valence-electron chi connectivity index (χ4n) is 3.86. The SMILES string of the molecule is COC(=O)c1ccc([C@H](C)NC(=O)C2CCCCN2Cc2ccc(CF)cc2)cc1. The highest BCUT2D eigenvalue weighted by molar-refractivity contribution is 5.89. The van der Waals surface area contributed by atoms with Crippen LogP contribution in [0.25, 0.3) is 0 Å². The predicted molar refractivity (Wildman–Crippen MR) is 114 cm³/mol. The minimum Gasteiger partial charge on any atom is -0.465 e. The number of methoxy groups -OCH3 is 1. The van der Waals surface area contributed by atoms with Gasteiger partial charge in [0.25, 0.3) is 0 Å². The number of nitrogens with one attached hydrogen (secondary N) is 1. The quantitative estimate of drug-likeness (QED) is 0.694. The number of amides is 1. The van der Waals surface area contributed by atoms with Gasteiger partial charge in [-0.05, 0) is 55.1 Å². The number of nitrogens with zero attached hydrogens (tertiary/aromatic N) is 1. The Morgan fingerprint density at radius 3 is 2.40 bits per heavy atom. The van der Waals surface area contributed by atoms with Gasteiger partial charge in [-0.2, -0.15) is 0 Å². The van der Waals surface area contributed by atoms with Crippen LogP contribution in [0.4, 0.5) is 4.39 Å². The number of carbonyl (C=O) groups excluding carboxylic acids is 2. The average molecular weight is 413 g/mol. The van der Waals surface area contributed by atoms with Crippen molar-refractivity contribution in [2.75, 3.05) is 13.7 Å². The summed E-state index contributed by atoms with van der Waals surface area (Å²) in [6.45, 7) is 3.01. The number of hydrogen-bond donors (Lipinski definition) is 1. The summed E-state index contributed by atoms with van der Waals surface area (Å²) in [5.41, 5.74) is 3.16. The van der Waals surface area contributed by atoms with Crippen molar-refractivity contribution in [1.82, 2.24) is 10.2 Å². The van der Waals surface area contributed by atoms with E-state index in [0.29, 0.717) is 17.7 Å². The second-order valence-electron chi connectivity index (χ2n) is 7.78. The van der Waals surface area contributed by atoms with Gasteiger partial charge in [0.05, 0.1) is 24.8 Å². The zero-order valence-electron chi connectivity index (χ0n) is 17.6. The van der Waals surface area contributed by atoms with Crippen molar-refractivity contribution in [3.8, 4) is 0 Å². The molecule has 160 valence electrons. The first-order valence-corrected chi connectivity index (χ1v) is 10.4. The fourth-order valence-corrected chi connectivity index (χ4v) is 3.86. The minimum absolute atomic E-state index is 0.0135. The van der Waals surface area contributed by atoms with E-state index in [-0.39, 0.29) is 24.0 Å². The van der Waals surface area contributed by atoms with Gasteiger partial charge in [0.15, 0.2) is 0 Å². The Morgan fingerprint density at radius 1 is 1.10 bits per heavy atom. The normalized spacial score (nSPS) is 17.9. The van der Waals surface area contributed by atoms with Crippen molar-refractivity contribution in [3.63, 3.8) is 0 Å². The van der Waals surface area contributed by atoms with Gasteiger partial charge in [-0.1, -0.05) is 42.8 Å². The molecule has 6 heteroatoms. The van der Waals surface area contributed by atoms with E-state index in [4.69, 9.17) is 4.74 Å². The topological polar surface area (TPSA) is 58.6 Å². The third-order valence-corrected chi connectivity index (χ3v) is 5.67. The van der Waals surface area contributed by atoms with E-state index < -0.39 is 6.67 Å². The van der Waals surface area contributed by atoms with Crippen molar-refractivity contribution in [1.29, 1.82) is 0 Å². The average Bonchev–Trinajstić information content (AvgIpc) is 2.79. The smallest absolute Gasteiger partial charge is 0.337 e. The van der Waals surface area contributed by atoms with E-state index in [0.717, 1.165) is 36.9 Å². The summed E-state index contributed by atoms with van der Waals surface area (Å²) in [7, 11) is 1.35. The lowest BCUT2D eigenvalue weighted by atomic mass is 9.99. The van der Waals surface area contributed by atoms with Crippen LogP contribution in [0.1, 0.15) is 59.3 Å². The molecule has 1 heterocycles. The first-order chi connectivity index (χ1) is 14.5. The van der Waals surface area contributed by atoms with Gasteiger partial charge in [0.2, 0.25) is 5.91 Å². The molecule has 2 aromatic rings. The lowest BCUT2D eigenvalue weighted by Gasteiger charge is -2.35. The molecule has 1 aliphatic rings. The van der Waals surface area contributed by atoms with Crippen molar-refractivity contribution in [2.45, 2.75) is 51.5 Å². The van der Waals surface area contributed by atoms with E-state index in [1.165, 1.54) is 7.11 Å². The number of hydrogen-bond acceptors (Lipinski definition) is 4. The van der Waals surface area contributed by atoms with Crippen LogP contribution in [0.15, 0.2) is 48.5 Å². The lowest BCUT2D eigenvalue weighted by Crippen LogP contribution is -2.49. The van der Waals surface area contributed by atoms with Gasteiger partial charge in [0, 0.05) is 6.54 Å². The molecule has 1 N–H and O–H groups in total. The highest BCUT2D eigenvalue weighted by Crippen LogP contribution is 2.22. The van der Waals surface area contributed by atoms with E-state index in [1.54, 1.807) is 24.3 Å². The third-order valence-electron chi connectivity index (χ3n) is 5.67. The van der Waals surface area contributed by atoms with Gasteiger partial charge >= 0.3 is 5.97 Å². The molecule has 1 saturated heterocycles. The molecule has 0 bridgehead atoms. The molecule has 0 radical (unpaired) electrons. The Morgan fingerprint density at radius 2 is 1.77 bits per heavy atom. The molecule has 3 rings (SSSR count). The van der Waals surface area contributed by atoms with Gasteiger partial charge in [0.1, 0.15) is 6.67 Å². The summed E-state index contributed by atoms with van der Waals surface area (Å²) in [5.74, 6) is -0.366. The number of carbonyl (C=O) groups is 2. The molecule has 5 nitrogen and oxygen atoms in total. The molecule has 1 amide bonds. The van der Waals surface area contributed by atoms with Gasteiger partial charge < -0.3 is 10.1 Å². The first kappa shape index (κ1) is 22.0. The molecular formula is C24H29FN2O3. The Labute approximate surface area is 177 Å². The summed E-state index contributed by atoms with van der Waals surface area (Å²) in [6, 6.07) is 14.2. The van der Waals surface area contributed by atoms with Gasteiger partial charge in [-0.15, -0.1) is 0 Å². The third kappa shape index (κ3) is 5.45. The standard InChI is InChI=1S/C24H29FN2O3/c1-17(20-10-12-21(13-11-20)24(29)30-2)26-23(28)22-5-3-4-14-27(22)16-19-8-6-18(15-25)7-9-19/h6-13,17,22H,3-5,14-16H2,1-2H3,(H,26,28)/t17-,22?/m0/s1. The van der Waals surface area contributed by atoms with Gasteiger partial charge in [-0.25, -0.2) is 9.18 Å². The molecule has 30 heavy (non-hydrogen) atoms. The zero-order chi connectivity index (χ0) is 21.5. The number of ether oxygens (including phenoxy) is 1. The second kappa shape index (κ2) is 10.3. The molecule has 1 aliphatic heterocycles. The van der Waals surface area contributed by atoms with Crippen LogP contribution >= 0.6 is 0 Å². The van der Waals surface area contributed by atoms with Crippen LogP contribution < -0.4 is 5.32 Å². The van der Waals surface area contributed by atoms with Crippen molar-refractivity contribution < 1.29 is 18.7 Å². The number of esters is 1. The van der Waals surface area contributed by atoms with Crippen LogP contribution in [0.5, 0.6) is 0 Å². The Bertz CT molecular complexity index is 852. The molecule has 1 fully saturated rings. The van der Waals surface area contributed by atoms with Crippen molar-refractivity contribution in [2.24, 2.45) is 0 Å². The fraction of sp³-hybridized carbons (Fsp3) is 0.417. The summed E-state index contributed by atoms with van der Waals surface area (Å²) < 4.78 is 17.5. The highest BCUT2D eigenvalue weighted by Gasteiger charge is 2.29. The van der Waals surface area contributed by atoms with E-state index >= 15 is 0 Å². The molecule has 0 saturated carbocycles. The Hall–Kier alpha value is -2.73. The second-order valence-corrected chi connectivity index (χ2v) is 7.78. The molecule has 0 spiro atoms. The molecular weight excluding hydrogens is 383 g/mol. The molecule has 0 aromatic heterocycles. The van der Waals surface area contributed by atoms with E-state index in [2.05, 4.69) is 10.2 Å². The van der Waals surface area contributed by atoms with Crippen molar-refractivity contribution in [3.05, 3.63) is 70.8 Å². The van der Waals surface area contributed by atoms with E-state index in [1.807, 2.05) is 31.2 Å². The van der Waals surface area contributed by atoms with Crippen LogP contribution in [-0.2, 0) is 22.8 Å². The number of piperidine rings is 1. The summed E-state index contributed by atoms with van der Waals surface area (Å²) in [6.07, 6.45) is 2.91. The Balaban J connectivity index is 1.63. The zero-order valence-corrected chi connectivity index (χ0v) is 17.6. The van der Waals surface area contributed by atoms with Crippen LogP contribution in [-0.4, -0.2) is 36.5 Å². The maximum Gasteiger partial charge on any atom is 0.337 e. The number of likely N-dealkylation sites (tertiary alicyclic amines) is 1.